The molecule has 1 atom stereocenters. The van der Waals surface area contributed by atoms with Crippen molar-refractivity contribution in [2.24, 2.45) is 5.73 Å². The summed E-state index contributed by atoms with van der Waals surface area (Å²) < 4.78 is 1.31. The Bertz CT molecular complexity index is 264. The van der Waals surface area contributed by atoms with Crippen LogP contribution < -0.4 is 5.73 Å². The van der Waals surface area contributed by atoms with Crippen molar-refractivity contribution < 1.29 is 5.11 Å². The Hall–Kier alpha value is 0.200. The minimum absolute atomic E-state index is 0.0379. The first-order valence-electron chi connectivity index (χ1n) is 3.43. The fourth-order valence-corrected chi connectivity index (χ4v) is 2.37. The molecule has 1 aromatic heterocycles. The number of hydrogen-bond acceptors (Lipinski definition) is 3. The topological polar surface area (TPSA) is 46.2 Å². The summed E-state index contributed by atoms with van der Waals surface area (Å²) in [5, 5.41) is 8.70. The number of nitrogens with two attached hydrogens (primary N) is 1. The predicted molar refractivity (Wildman–Crippen MR) is 53.1 cm³/mol. The minimum Gasteiger partial charge on any atom is -0.395 e. The second-order valence-corrected chi connectivity index (χ2v) is 4.78. The van der Waals surface area contributed by atoms with Crippen molar-refractivity contribution in [1.82, 2.24) is 0 Å². The van der Waals surface area contributed by atoms with Gasteiger partial charge in [0.2, 0.25) is 0 Å². The molecule has 0 amide bonds. The van der Waals surface area contributed by atoms with Crippen LogP contribution in [0.3, 0.4) is 0 Å². The number of thiophene rings is 1. The highest BCUT2D eigenvalue weighted by atomic mass is 35.5. The molecule has 0 saturated carbocycles. The number of halogens is 2. The van der Waals surface area contributed by atoms with Gasteiger partial charge >= 0.3 is 0 Å². The van der Waals surface area contributed by atoms with E-state index in [1.165, 1.54) is 11.3 Å². The van der Waals surface area contributed by atoms with Crippen LogP contribution in [0.1, 0.15) is 5.56 Å². The molecule has 1 rings (SSSR count). The smallest absolute Gasteiger partial charge is 0.0976 e. The van der Waals surface area contributed by atoms with E-state index < -0.39 is 0 Å². The fraction of sp³-hybridized carbons (Fsp3) is 0.429. The second-order valence-electron chi connectivity index (χ2n) is 2.50. The molecule has 12 heavy (non-hydrogen) atoms. The summed E-state index contributed by atoms with van der Waals surface area (Å²) in [6.07, 6.45) is 0.568. The highest BCUT2D eigenvalue weighted by molar-refractivity contribution is 7.20. The van der Waals surface area contributed by atoms with E-state index >= 15 is 0 Å². The first kappa shape index (κ1) is 10.3. The van der Waals surface area contributed by atoms with E-state index in [0.717, 1.165) is 5.56 Å². The summed E-state index contributed by atoms with van der Waals surface area (Å²) in [5.41, 5.74) is 6.45. The summed E-state index contributed by atoms with van der Waals surface area (Å²) >= 11 is 12.9. The SMILES string of the molecule is NC(CO)Cc1cc(Cl)sc1Cl. The van der Waals surface area contributed by atoms with Crippen molar-refractivity contribution in [3.8, 4) is 0 Å². The van der Waals surface area contributed by atoms with E-state index in [2.05, 4.69) is 0 Å². The molecule has 1 heterocycles. The van der Waals surface area contributed by atoms with Crippen LogP contribution in [0.15, 0.2) is 6.07 Å². The maximum atomic E-state index is 8.70. The van der Waals surface area contributed by atoms with Crippen molar-refractivity contribution >= 4 is 34.5 Å². The largest absolute Gasteiger partial charge is 0.395 e. The van der Waals surface area contributed by atoms with Gasteiger partial charge in [-0.1, -0.05) is 23.2 Å². The third kappa shape index (κ3) is 2.61. The summed E-state index contributed by atoms with van der Waals surface area (Å²) in [7, 11) is 0. The fourth-order valence-electron chi connectivity index (χ4n) is 0.861. The average molecular weight is 226 g/mol. The van der Waals surface area contributed by atoms with E-state index in [-0.39, 0.29) is 12.6 Å². The molecule has 1 unspecified atom stereocenters. The normalized spacial score (nSPS) is 13.3. The van der Waals surface area contributed by atoms with Crippen molar-refractivity contribution in [3.63, 3.8) is 0 Å². The van der Waals surface area contributed by atoms with Gasteiger partial charge in [0, 0.05) is 6.04 Å². The molecule has 0 aliphatic rings. The maximum absolute atomic E-state index is 8.70. The third-order valence-electron chi connectivity index (χ3n) is 1.44. The van der Waals surface area contributed by atoms with Gasteiger partial charge in [0.15, 0.2) is 0 Å². The molecule has 3 N–H and O–H groups in total. The van der Waals surface area contributed by atoms with Crippen LogP contribution in [0, 0.1) is 0 Å². The Kier molecular flexibility index (Phi) is 3.80. The van der Waals surface area contributed by atoms with Gasteiger partial charge in [-0.2, -0.15) is 0 Å². The van der Waals surface area contributed by atoms with E-state index in [1.54, 1.807) is 6.07 Å². The van der Waals surface area contributed by atoms with Crippen LogP contribution in [0.2, 0.25) is 8.67 Å². The highest BCUT2D eigenvalue weighted by Gasteiger charge is 2.09. The monoisotopic (exact) mass is 225 g/mol. The van der Waals surface area contributed by atoms with Gasteiger partial charge in [0.1, 0.15) is 0 Å². The molecule has 0 bridgehead atoms. The van der Waals surface area contributed by atoms with Crippen molar-refractivity contribution in [3.05, 3.63) is 20.3 Å². The molecule has 0 aliphatic heterocycles. The Morgan fingerprint density at radius 3 is 2.67 bits per heavy atom. The summed E-state index contributed by atoms with van der Waals surface area (Å²) in [6.45, 7) is -0.0379. The quantitative estimate of drug-likeness (QED) is 0.826. The number of aliphatic hydroxyl groups is 1. The first-order chi connectivity index (χ1) is 5.63. The zero-order valence-electron chi connectivity index (χ0n) is 6.26. The molecule has 0 fully saturated rings. The lowest BCUT2D eigenvalue weighted by atomic mass is 10.1. The minimum atomic E-state index is -0.256. The predicted octanol–water partition coefficient (Wildman–Crippen LogP) is 1.92. The van der Waals surface area contributed by atoms with Crippen LogP contribution in [0.5, 0.6) is 0 Å². The Morgan fingerprint density at radius 2 is 2.25 bits per heavy atom. The van der Waals surface area contributed by atoms with Gasteiger partial charge < -0.3 is 10.8 Å². The molecule has 68 valence electrons. The number of aliphatic hydroxyl groups excluding tert-OH is 1. The zero-order valence-corrected chi connectivity index (χ0v) is 8.59. The number of hydrogen-bond donors (Lipinski definition) is 2. The lowest BCUT2D eigenvalue weighted by Crippen LogP contribution is -2.26. The second kappa shape index (κ2) is 4.44. The van der Waals surface area contributed by atoms with Crippen LogP contribution in [0.25, 0.3) is 0 Å². The molecule has 0 spiro atoms. The molecule has 0 radical (unpaired) electrons. The Balaban J connectivity index is 2.68. The van der Waals surface area contributed by atoms with Crippen LogP contribution >= 0.6 is 34.5 Å². The van der Waals surface area contributed by atoms with Crippen molar-refractivity contribution in [2.75, 3.05) is 6.61 Å². The van der Waals surface area contributed by atoms with Gasteiger partial charge in [-0.3, -0.25) is 0 Å². The van der Waals surface area contributed by atoms with Gasteiger partial charge in [-0.15, -0.1) is 11.3 Å². The standard InChI is InChI=1S/C7H9Cl2NOS/c8-6-2-4(7(9)12-6)1-5(10)3-11/h2,5,11H,1,3,10H2. The van der Waals surface area contributed by atoms with Gasteiger partial charge in [0.25, 0.3) is 0 Å². The summed E-state index contributed by atoms with van der Waals surface area (Å²) in [4.78, 5) is 0. The Labute approximate surface area is 84.9 Å². The molecular formula is C7H9Cl2NOS. The molecule has 0 aromatic carbocycles. The Morgan fingerprint density at radius 1 is 1.58 bits per heavy atom. The maximum Gasteiger partial charge on any atom is 0.0976 e. The zero-order chi connectivity index (χ0) is 9.14. The van der Waals surface area contributed by atoms with E-state index in [1.807, 2.05) is 0 Å². The van der Waals surface area contributed by atoms with E-state index in [4.69, 9.17) is 34.0 Å². The van der Waals surface area contributed by atoms with Crippen LogP contribution in [0.4, 0.5) is 0 Å². The molecular weight excluding hydrogens is 217 g/mol. The molecule has 0 saturated heterocycles. The van der Waals surface area contributed by atoms with Crippen LogP contribution in [-0.2, 0) is 6.42 Å². The lowest BCUT2D eigenvalue weighted by Gasteiger charge is -2.05. The van der Waals surface area contributed by atoms with Crippen LogP contribution in [-0.4, -0.2) is 17.8 Å². The molecule has 5 heteroatoms. The molecule has 2 nitrogen and oxygen atoms in total. The molecule has 1 aromatic rings. The lowest BCUT2D eigenvalue weighted by molar-refractivity contribution is 0.265. The summed E-state index contributed by atoms with van der Waals surface area (Å²) in [6, 6.07) is 1.53. The van der Waals surface area contributed by atoms with Crippen molar-refractivity contribution in [2.45, 2.75) is 12.5 Å². The van der Waals surface area contributed by atoms with E-state index in [0.29, 0.717) is 15.1 Å². The van der Waals surface area contributed by atoms with Crippen molar-refractivity contribution in [1.29, 1.82) is 0 Å². The molecule has 0 aliphatic carbocycles. The van der Waals surface area contributed by atoms with Gasteiger partial charge in [-0.05, 0) is 18.1 Å². The average Bonchev–Trinajstić information content (AvgIpc) is 2.30. The highest BCUT2D eigenvalue weighted by Crippen LogP contribution is 2.31. The van der Waals surface area contributed by atoms with E-state index in [9.17, 15) is 0 Å². The third-order valence-corrected chi connectivity index (χ3v) is 3.01. The first-order valence-corrected chi connectivity index (χ1v) is 5.01. The van der Waals surface area contributed by atoms with Gasteiger partial charge in [0.05, 0.1) is 15.3 Å². The van der Waals surface area contributed by atoms with Gasteiger partial charge in [-0.25, -0.2) is 0 Å². The summed E-state index contributed by atoms with van der Waals surface area (Å²) in [5.74, 6) is 0. The number of rotatable bonds is 3.